The van der Waals surface area contributed by atoms with Crippen LogP contribution in [0.5, 0.6) is 0 Å². The first-order valence-corrected chi connectivity index (χ1v) is 4.81. The van der Waals surface area contributed by atoms with Crippen LogP contribution in [0.2, 0.25) is 0 Å². The van der Waals surface area contributed by atoms with Crippen LogP contribution in [-0.2, 0) is 9.83 Å². The normalized spacial score (nSPS) is 15.7. The number of likely N-dealkylation sites (tertiary alicyclic amines) is 1. The standard InChI is InChI=1S/C9H17NO2.FHO2/c1-9(2,3)12-8(11)10-6-4-5-7-10;1-3-2/h4-7H2,1-3H3;2H. The fourth-order valence-electron chi connectivity index (χ4n) is 1.23. The molecular weight excluding hydrogens is 205 g/mol. The van der Waals surface area contributed by atoms with Gasteiger partial charge in [-0.1, -0.05) is 0 Å². The molecule has 1 heterocycles. The summed E-state index contributed by atoms with van der Waals surface area (Å²) in [6, 6.07) is 0. The summed E-state index contributed by atoms with van der Waals surface area (Å²) in [6.07, 6.45) is 2.05. The Morgan fingerprint density at radius 3 is 2.07 bits per heavy atom. The highest BCUT2D eigenvalue weighted by molar-refractivity contribution is 5.68. The molecule has 0 bridgehead atoms. The molecule has 0 atom stereocenters. The van der Waals surface area contributed by atoms with Crippen LogP contribution in [0.25, 0.3) is 0 Å². The lowest BCUT2D eigenvalue weighted by atomic mass is 10.2. The lowest BCUT2D eigenvalue weighted by Gasteiger charge is -2.23. The molecule has 6 heteroatoms. The van der Waals surface area contributed by atoms with E-state index in [9.17, 15) is 9.32 Å². The minimum atomic E-state index is -0.361. The number of carbonyl (C=O) groups is 1. The summed E-state index contributed by atoms with van der Waals surface area (Å²) in [4.78, 5) is 13.1. The Balaban J connectivity index is 0.000000583. The molecule has 15 heavy (non-hydrogen) atoms. The summed E-state index contributed by atoms with van der Waals surface area (Å²) in [5.74, 6) is 0. The van der Waals surface area contributed by atoms with Crippen molar-refractivity contribution in [3.8, 4) is 0 Å². The Hall–Kier alpha value is -0.880. The maximum atomic E-state index is 11.4. The summed E-state index contributed by atoms with van der Waals surface area (Å²) in [7, 11) is 0. The van der Waals surface area contributed by atoms with Crippen molar-refractivity contribution in [2.24, 2.45) is 0 Å². The fraction of sp³-hybridized carbons (Fsp3) is 0.889. The molecule has 0 aromatic carbocycles. The largest absolute Gasteiger partial charge is 0.444 e. The number of ether oxygens (including phenoxy) is 1. The fourth-order valence-corrected chi connectivity index (χ4v) is 1.23. The van der Waals surface area contributed by atoms with Crippen LogP contribution in [0.15, 0.2) is 0 Å². The minimum Gasteiger partial charge on any atom is -0.444 e. The number of halogens is 1. The number of nitrogens with zero attached hydrogens (tertiary/aromatic N) is 1. The van der Waals surface area contributed by atoms with Crippen molar-refractivity contribution in [3.63, 3.8) is 0 Å². The molecule has 1 rings (SSSR count). The van der Waals surface area contributed by atoms with Crippen LogP contribution < -0.4 is 0 Å². The third-order valence-electron chi connectivity index (χ3n) is 1.76. The highest BCUT2D eigenvalue weighted by Crippen LogP contribution is 2.14. The molecular formula is C9H18FNO4. The van der Waals surface area contributed by atoms with E-state index in [0.717, 1.165) is 25.9 Å². The Morgan fingerprint density at radius 1 is 1.33 bits per heavy atom. The molecule has 0 spiro atoms. The van der Waals surface area contributed by atoms with Gasteiger partial charge in [-0.05, 0) is 43.2 Å². The summed E-state index contributed by atoms with van der Waals surface area (Å²) < 4.78 is 14.6. The average Bonchev–Trinajstić information content (AvgIpc) is 2.53. The summed E-state index contributed by atoms with van der Waals surface area (Å²) in [5.41, 5.74) is -0.361. The van der Waals surface area contributed by atoms with E-state index < -0.39 is 0 Å². The predicted octanol–water partition coefficient (Wildman–Crippen LogP) is 2.38. The van der Waals surface area contributed by atoms with E-state index in [1.807, 2.05) is 20.8 Å². The van der Waals surface area contributed by atoms with E-state index in [-0.39, 0.29) is 11.7 Å². The third-order valence-corrected chi connectivity index (χ3v) is 1.76. The molecule has 1 N–H and O–H groups in total. The Kier molecular flexibility index (Phi) is 6.19. The van der Waals surface area contributed by atoms with Gasteiger partial charge in [0.1, 0.15) is 5.60 Å². The first-order chi connectivity index (χ1) is 6.90. The molecule has 0 aromatic rings. The van der Waals surface area contributed by atoms with Crippen LogP contribution >= 0.6 is 0 Å². The smallest absolute Gasteiger partial charge is 0.410 e. The molecule has 0 radical (unpaired) electrons. The van der Waals surface area contributed by atoms with Gasteiger partial charge in [0.25, 0.3) is 0 Å². The van der Waals surface area contributed by atoms with Crippen molar-refractivity contribution < 1.29 is 24.4 Å². The second-order valence-corrected chi connectivity index (χ2v) is 4.24. The Bertz CT molecular complexity index is 187. The molecule has 1 fully saturated rings. The van der Waals surface area contributed by atoms with Crippen molar-refractivity contribution in [2.75, 3.05) is 13.1 Å². The van der Waals surface area contributed by atoms with Gasteiger partial charge in [0, 0.05) is 13.1 Å². The van der Waals surface area contributed by atoms with Gasteiger partial charge in [0.15, 0.2) is 0 Å². The van der Waals surface area contributed by atoms with Gasteiger partial charge < -0.3 is 9.64 Å². The zero-order chi connectivity index (χ0) is 11.9. The second kappa shape index (κ2) is 6.58. The molecule has 0 aliphatic carbocycles. The van der Waals surface area contributed by atoms with E-state index in [0.29, 0.717) is 0 Å². The zero-order valence-electron chi connectivity index (χ0n) is 9.33. The van der Waals surface area contributed by atoms with Crippen LogP contribution in [0.1, 0.15) is 33.6 Å². The number of carbonyl (C=O) groups excluding carboxylic acids is 1. The maximum Gasteiger partial charge on any atom is 0.410 e. The van der Waals surface area contributed by atoms with E-state index >= 15 is 0 Å². The quantitative estimate of drug-likeness (QED) is 0.506. The van der Waals surface area contributed by atoms with Crippen LogP contribution in [-0.4, -0.2) is 34.9 Å². The number of rotatable bonds is 0. The van der Waals surface area contributed by atoms with Crippen LogP contribution in [0.4, 0.5) is 9.32 Å². The molecule has 5 nitrogen and oxygen atoms in total. The average molecular weight is 223 g/mol. The summed E-state index contributed by atoms with van der Waals surface area (Å²) in [5, 5.41) is 8.15. The number of hydrogen-bond acceptors (Lipinski definition) is 4. The first-order valence-electron chi connectivity index (χ1n) is 4.81. The molecule has 1 saturated heterocycles. The van der Waals surface area contributed by atoms with Crippen LogP contribution in [0, 0.1) is 0 Å². The van der Waals surface area contributed by atoms with Crippen molar-refractivity contribution in [3.05, 3.63) is 0 Å². The van der Waals surface area contributed by atoms with Crippen LogP contribution in [0.3, 0.4) is 0 Å². The first kappa shape index (κ1) is 14.1. The second-order valence-electron chi connectivity index (χ2n) is 4.24. The van der Waals surface area contributed by atoms with Gasteiger partial charge in [-0.15, -0.1) is 0 Å². The summed E-state index contributed by atoms with van der Waals surface area (Å²) in [6.45, 7) is 7.38. The third kappa shape index (κ3) is 7.10. The molecule has 90 valence electrons. The van der Waals surface area contributed by atoms with Crippen molar-refractivity contribution in [1.82, 2.24) is 4.90 Å². The number of amides is 1. The Morgan fingerprint density at radius 2 is 1.73 bits per heavy atom. The number of hydrogen-bond donors (Lipinski definition) is 1. The summed E-state index contributed by atoms with van der Waals surface area (Å²) >= 11 is 0. The molecule has 1 aliphatic rings. The topological polar surface area (TPSA) is 59.0 Å². The SMILES string of the molecule is CC(C)(C)OC(=O)N1CCCC1.OOF. The predicted molar refractivity (Wildman–Crippen MR) is 51.9 cm³/mol. The van der Waals surface area contributed by atoms with E-state index in [2.05, 4.69) is 0 Å². The van der Waals surface area contributed by atoms with E-state index in [4.69, 9.17) is 9.99 Å². The van der Waals surface area contributed by atoms with Crippen molar-refractivity contribution >= 4 is 6.09 Å². The Labute approximate surface area is 88.6 Å². The lowest BCUT2D eigenvalue weighted by Crippen LogP contribution is -2.34. The van der Waals surface area contributed by atoms with Gasteiger partial charge >= 0.3 is 6.09 Å². The highest BCUT2D eigenvalue weighted by atomic mass is 19.3. The van der Waals surface area contributed by atoms with Gasteiger partial charge in [-0.3, -0.25) is 0 Å². The highest BCUT2D eigenvalue weighted by Gasteiger charge is 2.23. The maximum absolute atomic E-state index is 11.4. The monoisotopic (exact) mass is 223 g/mol. The van der Waals surface area contributed by atoms with Gasteiger partial charge in [-0.2, -0.15) is 0 Å². The molecule has 0 aromatic heterocycles. The zero-order valence-corrected chi connectivity index (χ0v) is 9.33. The van der Waals surface area contributed by atoms with E-state index in [1.54, 1.807) is 9.99 Å². The van der Waals surface area contributed by atoms with Gasteiger partial charge in [0.05, 0.1) is 0 Å². The minimum absolute atomic E-state index is 0.167. The van der Waals surface area contributed by atoms with Crippen molar-refractivity contribution in [2.45, 2.75) is 39.2 Å². The molecule has 1 aliphatic heterocycles. The van der Waals surface area contributed by atoms with Crippen molar-refractivity contribution in [1.29, 1.82) is 0 Å². The lowest BCUT2D eigenvalue weighted by molar-refractivity contribution is -0.397. The van der Waals surface area contributed by atoms with Gasteiger partial charge in [-0.25, -0.2) is 10.1 Å². The van der Waals surface area contributed by atoms with Gasteiger partial charge in [0.2, 0.25) is 0 Å². The molecule has 1 amide bonds. The molecule has 0 unspecified atom stereocenters. The van der Waals surface area contributed by atoms with E-state index in [1.165, 1.54) is 0 Å². The molecule has 0 saturated carbocycles.